The largest absolute Gasteiger partial charge is 0.462 e. The highest BCUT2D eigenvalue weighted by atomic mass is 16.5. The van der Waals surface area contributed by atoms with E-state index in [0.717, 1.165) is 19.4 Å². The molecule has 0 bridgehead atoms. The lowest BCUT2D eigenvalue weighted by atomic mass is 9.78. The molecule has 0 radical (unpaired) electrons. The van der Waals surface area contributed by atoms with Gasteiger partial charge in [0.25, 0.3) is 0 Å². The Morgan fingerprint density at radius 3 is 2.56 bits per heavy atom. The van der Waals surface area contributed by atoms with Crippen LogP contribution in [0.2, 0.25) is 0 Å². The second-order valence-electron chi connectivity index (χ2n) is 4.74. The van der Waals surface area contributed by atoms with Crippen LogP contribution in [0.3, 0.4) is 0 Å². The number of carbonyl (C=O) groups is 2. The molecule has 0 aromatic rings. The Hall–Kier alpha value is -1.06. The monoisotopic (exact) mass is 225 g/mol. The summed E-state index contributed by atoms with van der Waals surface area (Å²) in [5, 5.41) is 0. The van der Waals surface area contributed by atoms with Gasteiger partial charge in [0.1, 0.15) is 0 Å². The molecule has 1 saturated carbocycles. The predicted octanol–water partition coefficient (Wildman–Crippen LogP) is 1.34. The summed E-state index contributed by atoms with van der Waals surface area (Å²) in [7, 11) is 1.27. The molecule has 1 aliphatic carbocycles. The molecule has 0 aromatic heterocycles. The van der Waals surface area contributed by atoms with E-state index < -0.39 is 11.9 Å². The molecule has 2 unspecified atom stereocenters. The Labute approximate surface area is 95.9 Å². The molecular formula is C12H19NO3. The van der Waals surface area contributed by atoms with Crippen LogP contribution in [0.15, 0.2) is 0 Å². The summed E-state index contributed by atoms with van der Waals surface area (Å²) in [6, 6.07) is 0.286. The Morgan fingerprint density at radius 1 is 1.12 bits per heavy atom. The van der Waals surface area contributed by atoms with Crippen LogP contribution in [0.4, 0.5) is 0 Å². The third kappa shape index (κ3) is 2.06. The maximum Gasteiger partial charge on any atom is 0.396 e. The normalized spacial score (nSPS) is 29.4. The van der Waals surface area contributed by atoms with Crippen LogP contribution < -0.4 is 0 Å². The van der Waals surface area contributed by atoms with E-state index in [0.29, 0.717) is 5.92 Å². The number of likely N-dealkylation sites (tertiary alicyclic amines) is 1. The number of methoxy groups -OCH3 is 1. The molecule has 1 amide bonds. The minimum absolute atomic E-state index is 0.286. The summed E-state index contributed by atoms with van der Waals surface area (Å²) in [6.07, 6.45) is 6.91. The fourth-order valence-corrected chi connectivity index (χ4v) is 3.08. The van der Waals surface area contributed by atoms with Crippen LogP contribution in [-0.2, 0) is 14.3 Å². The number of carbonyl (C=O) groups excluding carboxylic acids is 2. The molecule has 2 aliphatic rings. The van der Waals surface area contributed by atoms with Gasteiger partial charge in [-0.1, -0.05) is 12.8 Å². The molecule has 4 nitrogen and oxygen atoms in total. The zero-order chi connectivity index (χ0) is 11.5. The Morgan fingerprint density at radius 2 is 1.81 bits per heavy atom. The molecule has 1 aliphatic heterocycles. The topological polar surface area (TPSA) is 46.6 Å². The zero-order valence-corrected chi connectivity index (χ0v) is 9.78. The molecule has 2 rings (SSSR count). The van der Waals surface area contributed by atoms with Gasteiger partial charge in [-0.15, -0.1) is 0 Å². The number of fused-ring (bicyclic) bond motifs is 1. The number of piperidine rings is 1. The standard InChI is InChI=1S/C12H19NO3/c1-16-12(15)11(14)13-8-4-6-9-5-2-3-7-10(9)13/h9-10H,2-8H2,1H3. The molecule has 1 saturated heterocycles. The summed E-state index contributed by atoms with van der Waals surface area (Å²) < 4.78 is 4.51. The van der Waals surface area contributed by atoms with Gasteiger partial charge < -0.3 is 9.64 Å². The first-order valence-corrected chi connectivity index (χ1v) is 6.13. The number of amides is 1. The zero-order valence-electron chi connectivity index (χ0n) is 9.78. The fourth-order valence-electron chi connectivity index (χ4n) is 3.08. The molecule has 1 heterocycles. The minimum atomic E-state index is -0.716. The fraction of sp³-hybridized carbons (Fsp3) is 0.833. The highest BCUT2D eigenvalue weighted by Crippen LogP contribution is 2.35. The average molecular weight is 225 g/mol. The van der Waals surface area contributed by atoms with Crippen LogP contribution >= 0.6 is 0 Å². The van der Waals surface area contributed by atoms with E-state index >= 15 is 0 Å². The van der Waals surface area contributed by atoms with E-state index in [-0.39, 0.29) is 6.04 Å². The van der Waals surface area contributed by atoms with E-state index in [2.05, 4.69) is 4.74 Å². The number of hydrogen-bond donors (Lipinski definition) is 0. The van der Waals surface area contributed by atoms with Crippen LogP contribution in [0.1, 0.15) is 38.5 Å². The first-order chi connectivity index (χ1) is 7.74. The number of nitrogens with zero attached hydrogens (tertiary/aromatic N) is 1. The van der Waals surface area contributed by atoms with Crippen molar-refractivity contribution in [3.8, 4) is 0 Å². The summed E-state index contributed by atoms with van der Waals surface area (Å²) in [5.41, 5.74) is 0. The lowest BCUT2D eigenvalue weighted by Crippen LogP contribution is -2.52. The first-order valence-electron chi connectivity index (χ1n) is 6.13. The molecule has 4 heteroatoms. The van der Waals surface area contributed by atoms with Gasteiger partial charge in [-0.3, -0.25) is 4.79 Å². The molecule has 0 N–H and O–H groups in total. The van der Waals surface area contributed by atoms with Gasteiger partial charge in [0.2, 0.25) is 0 Å². The van der Waals surface area contributed by atoms with Crippen LogP contribution in [0.25, 0.3) is 0 Å². The summed E-state index contributed by atoms with van der Waals surface area (Å²) >= 11 is 0. The molecule has 16 heavy (non-hydrogen) atoms. The summed E-state index contributed by atoms with van der Waals surface area (Å²) in [4.78, 5) is 24.9. The number of esters is 1. The van der Waals surface area contributed by atoms with Crippen molar-refractivity contribution in [1.82, 2.24) is 4.90 Å². The van der Waals surface area contributed by atoms with Crippen molar-refractivity contribution in [2.45, 2.75) is 44.6 Å². The van der Waals surface area contributed by atoms with Gasteiger partial charge in [-0.2, -0.15) is 0 Å². The van der Waals surface area contributed by atoms with Gasteiger partial charge in [0.05, 0.1) is 7.11 Å². The Balaban J connectivity index is 2.07. The van der Waals surface area contributed by atoms with Crippen LogP contribution in [0.5, 0.6) is 0 Å². The van der Waals surface area contributed by atoms with Crippen LogP contribution in [-0.4, -0.2) is 36.5 Å². The summed E-state index contributed by atoms with van der Waals surface area (Å²) in [6.45, 7) is 0.717. The third-order valence-electron chi connectivity index (χ3n) is 3.86. The maximum absolute atomic E-state index is 11.8. The SMILES string of the molecule is COC(=O)C(=O)N1CCCC2CCCCC21. The quantitative estimate of drug-likeness (QED) is 0.461. The van der Waals surface area contributed by atoms with Crippen molar-refractivity contribution in [3.05, 3.63) is 0 Å². The Bertz CT molecular complexity index is 288. The van der Waals surface area contributed by atoms with Gasteiger partial charge in [0, 0.05) is 12.6 Å². The molecular weight excluding hydrogens is 206 g/mol. The van der Waals surface area contributed by atoms with Crippen molar-refractivity contribution < 1.29 is 14.3 Å². The highest BCUT2D eigenvalue weighted by molar-refractivity contribution is 6.32. The van der Waals surface area contributed by atoms with E-state index in [1.54, 1.807) is 4.90 Å². The number of rotatable bonds is 0. The number of hydrogen-bond acceptors (Lipinski definition) is 3. The second-order valence-corrected chi connectivity index (χ2v) is 4.74. The van der Waals surface area contributed by atoms with Gasteiger partial charge in [-0.25, -0.2) is 4.79 Å². The van der Waals surface area contributed by atoms with Gasteiger partial charge >= 0.3 is 11.9 Å². The lowest BCUT2D eigenvalue weighted by Gasteiger charge is -2.43. The van der Waals surface area contributed by atoms with Crippen molar-refractivity contribution in [3.63, 3.8) is 0 Å². The van der Waals surface area contributed by atoms with Crippen molar-refractivity contribution in [2.75, 3.05) is 13.7 Å². The van der Waals surface area contributed by atoms with E-state index in [9.17, 15) is 9.59 Å². The van der Waals surface area contributed by atoms with Crippen molar-refractivity contribution in [1.29, 1.82) is 0 Å². The predicted molar refractivity (Wildman–Crippen MR) is 58.7 cm³/mol. The van der Waals surface area contributed by atoms with Gasteiger partial charge in [-0.05, 0) is 31.6 Å². The van der Waals surface area contributed by atoms with Crippen molar-refractivity contribution in [2.24, 2.45) is 5.92 Å². The third-order valence-corrected chi connectivity index (χ3v) is 3.86. The summed E-state index contributed by atoms with van der Waals surface area (Å²) in [5.74, 6) is -0.554. The van der Waals surface area contributed by atoms with E-state index in [1.165, 1.54) is 32.8 Å². The van der Waals surface area contributed by atoms with E-state index in [1.807, 2.05) is 0 Å². The Kier molecular flexibility index (Phi) is 3.46. The van der Waals surface area contributed by atoms with E-state index in [4.69, 9.17) is 0 Å². The van der Waals surface area contributed by atoms with Crippen molar-refractivity contribution >= 4 is 11.9 Å². The molecule has 0 spiro atoms. The molecule has 2 fully saturated rings. The maximum atomic E-state index is 11.8. The highest BCUT2D eigenvalue weighted by Gasteiger charge is 2.37. The molecule has 2 atom stereocenters. The first kappa shape index (κ1) is 11.4. The average Bonchev–Trinajstić information content (AvgIpc) is 2.36. The lowest BCUT2D eigenvalue weighted by molar-refractivity contribution is -0.161. The number of ether oxygens (including phenoxy) is 1. The van der Waals surface area contributed by atoms with Crippen LogP contribution in [0, 0.1) is 5.92 Å². The minimum Gasteiger partial charge on any atom is -0.462 e. The molecule has 0 aromatic carbocycles. The smallest absolute Gasteiger partial charge is 0.396 e. The van der Waals surface area contributed by atoms with Gasteiger partial charge in [0.15, 0.2) is 0 Å². The second kappa shape index (κ2) is 4.85. The molecule has 90 valence electrons.